The largest absolute Gasteiger partial charge is 0.337 e. The predicted molar refractivity (Wildman–Crippen MR) is 80.0 cm³/mol. The highest BCUT2D eigenvalue weighted by molar-refractivity contribution is 6.33. The van der Waals surface area contributed by atoms with Gasteiger partial charge in [-0.2, -0.15) is 0 Å². The summed E-state index contributed by atoms with van der Waals surface area (Å²) >= 11 is 6.10. The van der Waals surface area contributed by atoms with Gasteiger partial charge in [0, 0.05) is 19.0 Å². The van der Waals surface area contributed by atoms with Gasteiger partial charge in [0.05, 0.1) is 11.2 Å². The Labute approximate surface area is 125 Å². The van der Waals surface area contributed by atoms with Crippen LogP contribution in [0.1, 0.15) is 62.8 Å². The van der Waals surface area contributed by atoms with Crippen LogP contribution in [0.2, 0.25) is 5.02 Å². The minimum Gasteiger partial charge on any atom is -0.337 e. The Morgan fingerprint density at radius 3 is 2.50 bits per heavy atom. The molecule has 1 amide bonds. The van der Waals surface area contributed by atoms with Crippen molar-refractivity contribution in [2.45, 2.75) is 46.5 Å². The lowest BCUT2D eigenvalue weighted by molar-refractivity contribution is 0.0624. The van der Waals surface area contributed by atoms with Gasteiger partial charge in [0.15, 0.2) is 5.69 Å². The maximum atomic E-state index is 12.6. The molecule has 0 aliphatic carbocycles. The first-order valence-corrected chi connectivity index (χ1v) is 7.50. The second-order valence-electron chi connectivity index (χ2n) is 6.54. The first kappa shape index (κ1) is 15.2. The van der Waals surface area contributed by atoms with Crippen LogP contribution in [-0.2, 0) is 0 Å². The van der Waals surface area contributed by atoms with Crippen LogP contribution in [0.25, 0.3) is 0 Å². The van der Waals surface area contributed by atoms with E-state index < -0.39 is 0 Å². The molecule has 0 saturated carbocycles. The number of carbonyl (C=O) groups excluding carboxylic acids is 1. The summed E-state index contributed by atoms with van der Waals surface area (Å²) < 4.78 is 0. The monoisotopic (exact) mass is 295 g/mol. The molecule has 0 atom stereocenters. The molecule has 0 N–H and O–H groups in total. The van der Waals surface area contributed by atoms with Gasteiger partial charge in [-0.3, -0.25) is 4.79 Å². The molecule has 1 aromatic heterocycles. The van der Waals surface area contributed by atoms with E-state index >= 15 is 0 Å². The van der Waals surface area contributed by atoms with Crippen LogP contribution in [0, 0.1) is 5.41 Å². The number of amides is 1. The number of halogens is 1. The average Bonchev–Trinajstić information content (AvgIpc) is 2.38. The molecular formula is C15H22ClN3O. The Hall–Kier alpha value is -1.16. The minimum atomic E-state index is -0.0743. The molecule has 1 aromatic rings. The molecule has 20 heavy (non-hydrogen) atoms. The Morgan fingerprint density at radius 2 is 1.95 bits per heavy atom. The van der Waals surface area contributed by atoms with E-state index in [1.807, 2.05) is 18.7 Å². The van der Waals surface area contributed by atoms with Crippen molar-refractivity contribution in [3.63, 3.8) is 0 Å². The maximum absolute atomic E-state index is 12.6. The summed E-state index contributed by atoms with van der Waals surface area (Å²) in [6.45, 7) is 10.0. The summed E-state index contributed by atoms with van der Waals surface area (Å²) in [4.78, 5) is 22.9. The topological polar surface area (TPSA) is 46.1 Å². The van der Waals surface area contributed by atoms with Crippen molar-refractivity contribution in [2.24, 2.45) is 5.41 Å². The molecule has 0 unspecified atom stereocenters. The number of aromatic nitrogens is 2. The molecule has 0 spiro atoms. The van der Waals surface area contributed by atoms with Gasteiger partial charge in [-0.25, -0.2) is 9.97 Å². The Bertz CT molecular complexity index is 504. The quantitative estimate of drug-likeness (QED) is 0.838. The summed E-state index contributed by atoms with van der Waals surface area (Å²) in [5.74, 6) is 0.768. The number of nitrogens with zero attached hydrogens (tertiary/aromatic N) is 3. The summed E-state index contributed by atoms with van der Waals surface area (Å²) in [6, 6.07) is 0. The van der Waals surface area contributed by atoms with Crippen molar-refractivity contribution in [2.75, 3.05) is 13.1 Å². The highest BCUT2D eigenvalue weighted by Gasteiger charge is 2.30. The molecule has 0 bridgehead atoms. The molecular weight excluding hydrogens is 274 g/mol. The van der Waals surface area contributed by atoms with Gasteiger partial charge in [0.1, 0.15) is 5.82 Å². The normalized spacial score (nSPS) is 18.4. The highest BCUT2D eigenvalue weighted by Crippen LogP contribution is 2.30. The van der Waals surface area contributed by atoms with Gasteiger partial charge in [-0.15, -0.1) is 0 Å². The molecule has 1 saturated heterocycles. The zero-order chi connectivity index (χ0) is 14.9. The molecule has 1 aliphatic heterocycles. The lowest BCUT2D eigenvalue weighted by Crippen LogP contribution is -2.41. The summed E-state index contributed by atoms with van der Waals surface area (Å²) in [5, 5.41) is 0.337. The van der Waals surface area contributed by atoms with Gasteiger partial charge < -0.3 is 4.90 Å². The SMILES string of the molecule is CC(C)c1ncc(Cl)c(C(=O)N2CCC(C)(C)CC2)n1. The fraction of sp³-hybridized carbons (Fsp3) is 0.667. The maximum Gasteiger partial charge on any atom is 0.274 e. The van der Waals surface area contributed by atoms with Gasteiger partial charge in [-0.1, -0.05) is 39.3 Å². The number of rotatable bonds is 2. The van der Waals surface area contributed by atoms with E-state index in [-0.39, 0.29) is 11.8 Å². The number of hydrogen-bond donors (Lipinski definition) is 0. The lowest BCUT2D eigenvalue weighted by atomic mass is 9.82. The van der Waals surface area contributed by atoms with Gasteiger partial charge in [0.25, 0.3) is 5.91 Å². The van der Waals surface area contributed by atoms with Crippen LogP contribution in [0.3, 0.4) is 0 Å². The van der Waals surface area contributed by atoms with Crippen molar-refractivity contribution in [1.82, 2.24) is 14.9 Å². The van der Waals surface area contributed by atoms with Gasteiger partial charge in [0.2, 0.25) is 0 Å². The fourth-order valence-electron chi connectivity index (χ4n) is 2.27. The third kappa shape index (κ3) is 3.29. The fourth-order valence-corrected chi connectivity index (χ4v) is 2.45. The second kappa shape index (κ2) is 5.68. The van der Waals surface area contributed by atoms with E-state index in [9.17, 15) is 4.79 Å². The van der Waals surface area contributed by atoms with Crippen LogP contribution in [0.15, 0.2) is 6.20 Å². The van der Waals surface area contributed by atoms with E-state index in [1.165, 1.54) is 6.20 Å². The van der Waals surface area contributed by atoms with Crippen LogP contribution in [-0.4, -0.2) is 33.9 Å². The Kier molecular flexibility index (Phi) is 4.33. The zero-order valence-corrected chi connectivity index (χ0v) is 13.4. The number of piperidine rings is 1. The third-order valence-electron chi connectivity index (χ3n) is 3.89. The Balaban J connectivity index is 2.19. The Morgan fingerprint density at radius 1 is 1.35 bits per heavy atom. The van der Waals surface area contributed by atoms with Crippen LogP contribution in [0.5, 0.6) is 0 Å². The molecule has 2 rings (SSSR count). The van der Waals surface area contributed by atoms with Crippen molar-refractivity contribution in [1.29, 1.82) is 0 Å². The summed E-state index contributed by atoms with van der Waals surface area (Å²) in [7, 11) is 0. The molecule has 110 valence electrons. The molecule has 0 radical (unpaired) electrons. The molecule has 1 fully saturated rings. The molecule has 0 aromatic carbocycles. The highest BCUT2D eigenvalue weighted by atomic mass is 35.5. The van der Waals surface area contributed by atoms with Crippen molar-refractivity contribution < 1.29 is 4.79 Å². The second-order valence-corrected chi connectivity index (χ2v) is 6.94. The van der Waals surface area contributed by atoms with Gasteiger partial charge >= 0.3 is 0 Å². The van der Waals surface area contributed by atoms with Crippen molar-refractivity contribution in [3.8, 4) is 0 Å². The van der Waals surface area contributed by atoms with Crippen LogP contribution < -0.4 is 0 Å². The molecule has 2 heterocycles. The van der Waals surface area contributed by atoms with E-state index in [1.54, 1.807) is 0 Å². The summed E-state index contributed by atoms with van der Waals surface area (Å²) in [5.41, 5.74) is 0.653. The molecule has 4 nitrogen and oxygen atoms in total. The van der Waals surface area contributed by atoms with E-state index in [0.29, 0.717) is 22.0 Å². The minimum absolute atomic E-state index is 0.0743. The standard InChI is InChI=1S/C15H22ClN3O/c1-10(2)13-17-9-11(16)12(18-13)14(20)19-7-5-15(3,4)6-8-19/h9-10H,5-8H2,1-4H3. The molecule has 1 aliphatic rings. The van der Waals surface area contributed by atoms with Gasteiger partial charge in [-0.05, 0) is 18.3 Å². The van der Waals surface area contributed by atoms with Crippen molar-refractivity contribution >= 4 is 17.5 Å². The van der Waals surface area contributed by atoms with Crippen LogP contribution >= 0.6 is 11.6 Å². The lowest BCUT2D eigenvalue weighted by Gasteiger charge is -2.36. The third-order valence-corrected chi connectivity index (χ3v) is 4.16. The number of carbonyl (C=O) groups is 1. The number of hydrogen-bond acceptors (Lipinski definition) is 3. The number of likely N-dealkylation sites (tertiary alicyclic amines) is 1. The first-order valence-electron chi connectivity index (χ1n) is 7.12. The van der Waals surface area contributed by atoms with Crippen LogP contribution in [0.4, 0.5) is 0 Å². The first-order chi connectivity index (χ1) is 9.30. The van der Waals surface area contributed by atoms with E-state index in [2.05, 4.69) is 23.8 Å². The smallest absolute Gasteiger partial charge is 0.274 e. The van der Waals surface area contributed by atoms with E-state index in [4.69, 9.17) is 11.6 Å². The predicted octanol–water partition coefficient (Wildman–Crippen LogP) is 3.52. The average molecular weight is 296 g/mol. The van der Waals surface area contributed by atoms with Crippen molar-refractivity contribution in [3.05, 3.63) is 22.7 Å². The summed E-state index contributed by atoms with van der Waals surface area (Å²) in [6.07, 6.45) is 3.56. The van der Waals surface area contributed by atoms with E-state index in [0.717, 1.165) is 25.9 Å². The zero-order valence-electron chi connectivity index (χ0n) is 12.6. The molecule has 5 heteroatoms.